The number of likely N-dealkylation sites (N-methyl/N-ethyl adjacent to an activating group) is 1. The average molecular weight is 522 g/mol. The molecule has 0 bridgehead atoms. The van der Waals surface area contributed by atoms with Gasteiger partial charge >= 0.3 is 6.03 Å². The zero-order valence-electron chi connectivity index (χ0n) is 23.2. The smallest absolute Gasteiger partial charge is 0.317 e. The Kier molecular flexibility index (Phi) is 11.5. The monoisotopic (exact) mass is 521 g/mol. The summed E-state index contributed by atoms with van der Waals surface area (Å²) in [5, 5.41) is 18.7. The van der Waals surface area contributed by atoms with Crippen molar-refractivity contribution in [2.75, 3.05) is 47.0 Å². The van der Waals surface area contributed by atoms with Crippen molar-refractivity contribution >= 4 is 6.03 Å². The van der Waals surface area contributed by atoms with Crippen LogP contribution in [0, 0.1) is 23.6 Å². The average Bonchev–Trinajstić information content (AvgIpc) is 3.70. The first-order valence-electron chi connectivity index (χ1n) is 14.1. The Morgan fingerprint density at radius 1 is 1.27 bits per heavy atom. The van der Waals surface area contributed by atoms with Crippen LogP contribution < -0.4 is 15.4 Å². The molecule has 1 aliphatic heterocycles. The maximum atomic E-state index is 15.0. The van der Waals surface area contributed by atoms with Crippen molar-refractivity contribution in [3.05, 3.63) is 29.6 Å². The van der Waals surface area contributed by atoms with Crippen LogP contribution in [-0.4, -0.2) is 69.1 Å². The van der Waals surface area contributed by atoms with Crippen LogP contribution in [0.5, 0.6) is 5.75 Å². The fourth-order valence-electron chi connectivity index (χ4n) is 5.51. The Balaban J connectivity index is 1.82. The summed E-state index contributed by atoms with van der Waals surface area (Å²) in [6.07, 6.45) is 6.61. The van der Waals surface area contributed by atoms with Gasteiger partial charge in [-0.05, 0) is 76.3 Å². The van der Waals surface area contributed by atoms with Gasteiger partial charge in [0.15, 0.2) is 11.6 Å². The lowest BCUT2D eigenvalue weighted by molar-refractivity contribution is -0.0583. The van der Waals surface area contributed by atoms with Crippen LogP contribution in [0.2, 0.25) is 0 Å². The number of ether oxygens (including phenoxy) is 2. The molecule has 2 amide bonds. The third kappa shape index (κ3) is 8.55. The van der Waals surface area contributed by atoms with Crippen molar-refractivity contribution in [2.45, 2.75) is 76.9 Å². The minimum absolute atomic E-state index is 0.0384. The number of amides is 2. The first kappa shape index (κ1) is 29.7. The predicted molar refractivity (Wildman–Crippen MR) is 144 cm³/mol. The molecule has 3 rings (SSSR count). The number of hydrogen-bond donors (Lipinski definition) is 3. The number of para-hydroxylation sites is 1. The number of rotatable bonds is 15. The molecular formula is C29H48FN3O4. The summed E-state index contributed by atoms with van der Waals surface area (Å²) >= 11 is 0. The molecule has 1 aromatic rings. The van der Waals surface area contributed by atoms with E-state index in [0.717, 1.165) is 44.9 Å². The molecule has 3 N–H and O–H groups in total. The molecule has 1 aromatic carbocycles. The first-order valence-corrected chi connectivity index (χ1v) is 14.1. The fraction of sp³-hybridized carbons (Fsp3) is 0.759. The van der Waals surface area contributed by atoms with Crippen LogP contribution in [0.1, 0.15) is 70.8 Å². The van der Waals surface area contributed by atoms with Crippen LogP contribution in [0.3, 0.4) is 0 Å². The van der Waals surface area contributed by atoms with Crippen LogP contribution >= 0.6 is 0 Å². The topological polar surface area (TPSA) is 83.1 Å². The van der Waals surface area contributed by atoms with Gasteiger partial charge in [0.05, 0.1) is 12.2 Å². The predicted octanol–water partition coefficient (Wildman–Crippen LogP) is 4.67. The standard InChI is InChI=1S/C29H48FN3O4/c1-21(2)17-24(18-31-3)32-28(34)33-15-8-9-23(19-33)29(35,14-5-6-16-36-4)25-10-7-11-26(30)27(25)37-20-22-12-13-22/h7,10-11,21-24,31,35H,5-6,8-9,12-20H2,1-4H3,(H,32,34)/t23-,24+,29?/m1/s1. The molecule has 37 heavy (non-hydrogen) atoms. The number of likely N-dealkylation sites (tertiary alicyclic amines) is 1. The van der Waals surface area contributed by atoms with Gasteiger partial charge in [-0.1, -0.05) is 26.0 Å². The lowest BCUT2D eigenvalue weighted by Crippen LogP contribution is -2.54. The number of hydrogen-bond acceptors (Lipinski definition) is 5. The molecule has 2 aliphatic rings. The van der Waals surface area contributed by atoms with E-state index in [9.17, 15) is 9.90 Å². The summed E-state index contributed by atoms with van der Waals surface area (Å²) in [7, 11) is 3.56. The Labute approximate surface area is 222 Å². The van der Waals surface area contributed by atoms with Gasteiger partial charge in [-0.25, -0.2) is 9.18 Å². The van der Waals surface area contributed by atoms with Crippen molar-refractivity contribution in [3.63, 3.8) is 0 Å². The second kappa shape index (κ2) is 14.3. The molecular weight excluding hydrogens is 473 g/mol. The van der Waals surface area contributed by atoms with E-state index in [1.54, 1.807) is 19.2 Å². The SMILES string of the molecule is CNC[C@H](CC(C)C)NC(=O)N1CCC[C@@H](C(O)(CCCCOC)c2cccc(F)c2OCC2CC2)C1. The second-order valence-corrected chi connectivity index (χ2v) is 11.4. The molecule has 1 heterocycles. The lowest BCUT2D eigenvalue weighted by atomic mass is 9.73. The van der Waals surface area contributed by atoms with Gasteiger partial charge in [0, 0.05) is 50.9 Å². The number of urea groups is 1. The van der Waals surface area contributed by atoms with Gasteiger partial charge in [-0.15, -0.1) is 0 Å². The number of carbonyl (C=O) groups is 1. The molecule has 210 valence electrons. The summed E-state index contributed by atoms with van der Waals surface area (Å²) < 4.78 is 26.3. The lowest BCUT2D eigenvalue weighted by Gasteiger charge is -2.43. The summed E-state index contributed by atoms with van der Waals surface area (Å²) in [6, 6.07) is 4.78. The summed E-state index contributed by atoms with van der Waals surface area (Å²) in [5.74, 6) is 0.422. The van der Waals surface area contributed by atoms with E-state index in [2.05, 4.69) is 24.5 Å². The van der Waals surface area contributed by atoms with Gasteiger partial charge in [-0.3, -0.25) is 0 Å². The minimum Gasteiger partial charge on any atom is -0.490 e. The highest BCUT2D eigenvalue weighted by Crippen LogP contribution is 2.44. The molecule has 0 aromatic heterocycles. The van der Waals surface area contributed by atoms with E-state index in [1.807, 2.05) is 11.9 Å². The molecule has 0 radical (unpaired) electrons. The molecule has 8 heteroatoms. The van der Waals surface area contributed by atoms with Crippen molar-refractivity contribution in [1.29, 1.82) is 0 Å². The molecule has 1 unspecified atom stereocenters. The number of halogens is 1. The van der Waals surface area contributed by atoms with E-state index in [-0.39, 0.29) is 23.7 Å². The summed E-state index contributed by atoms with van der Waals surface area (Å²) in [4.78, 5) is 15.1. The third-order valence-corrected chi connectivity index (χ3v) is 7.67. The van der Waals surface area contributed by atoms with Crippen molar-refractivity contribution in [1.82, 2.24) is 15.5 Å². The molecule has 3 atom stereocenters. The Hall–Kier alpha value is -1.90. The van der Waals surface area contributed by atoms with Crippen LogP contribution in [-0.2, 0) is 10.3 Å². The largest absolute Gasteiger partial charge is 0.490 e. The van der Waals surface area contributed by atoms with Crippen LogP contribution in [0.25, 0.3) is 0 Å². The van der Waals surface area contributed by atoms with E-state index in [0.29, 0.717) is 56.7 Å². The quantitative estimate of drug-likeness (QED) is 0.292. The number of piperidine rings is 1. The number of aliphatic hydroxyl groups is 1. The van der Waals surface area contributed by atoms with Gasteiger partial charge in [0.1, 0.15) is 0 Å². The van der Waals surface area contributed by atoms with E-state index < -0.39 is 11.4 Å². The fourth-order valence-corrected chi connectivity index (χ4v) is 5.51. The van der Waals surface area contributed by atoms with Gasteiger partial charge in [0.2, 0.25) is 0 Å². The highest BCUT2D eigenvalue weighted by Gasteiger charge is 2.43. The maximum absolute atomic E-state index is 15.0. The molecule has 7 nitrogen and oxygen atoms in total. The van der Waals surface area contributed by atoms with Gasteiger partial charge in [-0.2, -0.15) is 0 Å². The molecule has 1 saturated carbocycles. The zero-order valence-corrected chi connectivity index (χ0v) is 23.2. The van der Waals surface area contributed by atoms with E-state index in [4.69, 9.17) is 9.47 Å². The van der Waals surface area contributed by atoms with Crippen molar-refractivity contribution in [2.24, 2.45) is 17.8 Å². The number of methoxy groups -OCH3 is 1. The van der Waals surface area contributed by atoms with Crippen molar-refractivity contribution in [3.8, 4) is 5.75 Å². The second-order valence-electron chi connectivity index (χ2n) is 11.4. The highest BCUT2D eigenvalue weighted by molar-refractivity contribution is 5.74. The molecule has 0 spiro atoms. The molecule has 1 saturated heterocycles. The van der Waals surface area contributed by atoms with Gasteiger partial charge in [0.25, 0.3) is 0 Å². The number of nitrogens with zero attached hydrogens (tertiary/aromatic N) is 1. The highest BCUT2D eigenvalue weighted by atomic mass is 19.1. The van der Waals surface area contributed by atoms with E-state index >= 15 is 4.39 Å². The molecule has 2 fully saturated rings. The number of unbranched alkanes of at least 4 members (excludes halogenated alkanes) is 1. The summed E-state index contributed by atoms with van der Waals surface area (Å²) in [5.41, 5.74) is -0.804. The van der Waals surface area contributed by atoms with Crippen LogP contribution in [0.4, 0.5) is 9.18 Å². The number of benzene rings is 1. The summed E-state index contributed by atoms with van der Waals surface area (Å²) in [6.45, 7) is 7.13. The number of nitrogens with one attached hydrogen (secondary N) is 2. The van der Waals surface area contributed by atoms with Crippen molar-refractivity contribution < 1.29 is 23.8 Å². The Morgan fingerprint density at radius 3 is 2.73 bits per heavy atom. The van der Waals surface area contributed by atoms with Gasteiger partial charge < -0.3 is 30.1 Å². The third-order valence-electron chi connectivity index (χ3n) is 7.67. The normalized spacial score (nSPS) is 20.5. The minimum atomic E-state index is -1.31. The van der Waals surface area contributed by atoms with Crippen LogP contribution in [0.15, 0.2) is 18.2 Å². The Bertz CT molecular complexity index is 850. The molecule has 1 aliphatic carbocycles. The van der Waals surface area contributed by atoms with E-state index in [1.165, 1.54) is 6.07 Å². The zero-order chi connectivity index (χ0) is 26.8. The maximum Gasteiger partial charge on any atom is 0.317 e. The first-order chi connectivity index (χ1) is 17.8. The Morgan fingerprint density at radius 2 is 2.05 bits per heavy atom. The number of carbonyl (C=O) groups excluding carboxylic acids is 1.